The summed E-state index contributed by atoms with van der Waals surface area (Å²) in [7, 11) is 0. The van der Waals surface area contributed by atoms with E-state index in [9.17, 15) is 4.79 Å². The predicted molar refractivity (Wildman–Crippen MR) is 50.3 cm³/mol. The largest absolute Gasteiger partial charge is 0.393 e. The van der Waals surface area contributed by atoms with Crippen LogP contribution in [0.25, 0.3) is 11.5 Å². The maximum atomic E-state index is 11.1. The lowest BCUT2D eigenvalue weighted by Gasteiger charge is -1.98. The Morgan fingerprint density at radius 1 is 1.21 bits per heavy atom. The maximum absolute atomic E-state index is 11.1. The van der Waals surface area contributed by atoms with Crippen LogP contribution >= 0.6 is 0 Å². The van der Waals surface area contributed by atoms with Crippen molar-refractivity contribution < 1.29 is 0 Å². The summed E-state index contributed by atoms with van der Waals surface area (Å²) in [5.41, 5.74) is 5.54. The Balaban J connectivity index is 2.54. The van der Waals surface area contributed by atoms with Crippen LogP contribution in [-0.4, -0.2) is 19.9 Å². The quantitative estimate of drug-likeness (QED) is 0.647. The monoisotopic (exact) mass is 189 g/mol. The van der Waals surface area contributed by atoms with Gasteiger partial charge in [0.25, 0.3) is 5.56 Å². The van der Waals surface area contributed by atoms with Crippen molar-refractivity contribution in [1.29, 1.82) is 0 Å². The molecule has 0 aliphatic heterocycles. The molecule has 2 aromatic rings. The molecule has 70 valence electrons. The Kier molecular flexibility index (Phi) is 1.94. The molecule has 0 saturated heterocycles. The highest BCUT2D eigenvalue weighted by atomic mass is 16.1. The molecular formula is C8H7N5O. The Morgan fingerprint density at radius 2 is 2.07 bits per heavy atom. The number of aromatic amines is 1. The van der Waals surface area contributed by atoms with E-state index in [1.165, 1.54) is 18.6 Å². The topological polar surface area (TPSA) is 97.5 Å². The van der Waals surface area contributed by atoms with Gasteiger partial charge in [0.05, 0.1) is 12.4 Å². The highest BCUT2D eigenvalue weighted by Gasteiger charge is 2.02. The first-order chi connectivity index (χ1) is 6.77. The molecule has 0 spiro atoms. The second-order valence-corrected chi connectivity index (χ2v) is 2.61. The van der Waals surface area contributed by atoms with E-state index in [2.05, 4.69) is 19.9 Å². The van der Waals surface area contributed by atoms with Crippen LogP contribution in [0.5, 0.6) is 0 Å². The Bertz CT molecular complexity index is 493. The van der Waals surface area contributed by atoms with E-state index >= 15 is 0 Å². The average molecular weight is 189 g/mol. The summed E-state index contributed by atoms with van der Waals surface area (Å²) >= 11 is 0. The summed E-state index contributed by atoms with van der Waals surface area (Å²) in [6.45, 7) is 0. The molecule has 0 aromatic carbocycles. The van der Waals surface area contributed by atoms with Gasteiger partial charge in [-0.05, 0) is 0 Å². The molecule has 0 aliphatic rings. The number of aromatic nitrogens is 4. The standard InChI is InChI=1S/C8H7N5O/c9-5-3-12-7(13-8(5)14)6-4-10-1-2-11-6/h1-4H,9H2,(H,12,13,14). The van der Waals surface area contributed by atoms with Crippen molar-refractivity contribution in [3.63, 3.8) is 0 Å². The van der Waals surface area contributed by atoms with Crippen LogP contribution in [0, 0.1) is 0 Å². The molecule has 14 heavy (non-hydrogen) atoms. The summed E-state index contributed by atoms with van der Waals surface area (Å²) in [5, 5.41) is 0. The van der Waals surface area contributed by atoms with Gasteiger partial charge in [0.15, 0.2) is 5.82 Å². The predicted octanol–water partition coefficient (Wildman–Crippen LogP) is -0.191. The fourth-order valence-electron chi connectivity index (χ4n) is 0.956. The molecule has 0 fully saturated rings. The molecule has 2 aromatic heterocycles. The van der Waals surface area contributed by atoms with Crippen molar-refractivity contribution >= 4 is 5.69 Å². The highest BCUT2D eigenvalue weighted by molar-refractivity contribution is 5.48. The number of anilines is 1. The molecule has 2 rings (SSSR count). The van der Waals surface area contributed by atoms with Gasteiger partial charge in [-0.3, -0.25) is 9.78 Å². The number of hydrogen-bond donors (Lipinski definition) is 2. The van der Waals surface area contributed by atoms with Gasteiger partial charge in [0.1, 0.15) is 11.4 Å². The van der Waals surface area contributed by atoms with Crippen LogP contribution in [0.15, 0.2) is 29.6 Å². The molecule has 3 N–H and O–H groups in total. The van der Waals surface area contributed by atoms with Crippen molar-refractivity contribution in [3.8, 4) is 11.5 Å². The lowest BCUT2D eigenvalue weighted by atomic mass is 10.4. The van der Waals surface area contributed by atoms with Gasteiger partial charge >= 0.3 is 0 Å². The van der Waals surface area contributed by atoms with Gasteiger partial charge in [-0.1, -0.05) is 0 Å². The van der Waals surface area contributed by atoms with Gasteiger partial charge in [0, 0.05) is 12.4 Å². The summed E-state index contributed by atoms with van der Waals surface area (Å²) in [5.74, 6) is 0.359. The second-order valence-electron chi connectivity index (χ2n) is 2.61. The minimum absolute atomic E-state index is 0.0811. The van der Waals surface area contributed by atoms with Crippen LogP contribution in [0.1, 0.15) is 0 Å². The first kappa shape index (κ1) is 8.36. The molecule has 6 nitrogen and oxygen atoms in total. The van der Waals surface area contributed by atoms with E-state index in [-0.39, 0.29) is 11.2 Å². The summed E-state index contributed by atoms with van der Waals surface area (Å²) < 4.78 is 0. The van der Waals surface area contributed by atoms with Crippen molar-refractivity contribution in [2.75, 3.05) is 5.73 Å². The number of nitrogens with two attached hydrogens (primary N) is 1. The summed E-state index contributed by atoms with van der Waals surface area (Å²) in [6, 6.07) is 0. The molecular weight excluding hydrogens is 182 g/mol. The van der Waals surface area contributed by atoms with Crippen LogP contribution in [0.3, 0.4) is 0 Å². The molecule has 0 unspecified atom stereocenters. The van der Waals surface area contributed by atoms with Crippen molar-refractivity contribution in [2.24, 2.45) is 0 Å². The van der Waals surface area contributed by atoms with Crippen LogP contribution in [-0.2, 0) is 0 Å². The highest BCUT2D eigenvalue weighted by Crippen LogP contribution is 2.06. The number of nitrogens with one attached hydrogen (secondary N) is 1. The van der Waals surface area contributed by atoms with Crippen LogP contribution < -0.4 is 11.3 Å². The van der Waals surface area contributed by atoms with Crippen molar-refractivity contribution in [3.05, 3.63) is 35.1 Å². The smallest absolute Gasteiger partial charge is 0.274 e. The maximum Gasteiger partial charge on any atom is 0.274 e. The summed E-state index contributed by atoms with van der Waals surface area (Å²) in [6.07, 6.45) is 5.86. The van der Waals surface area contributed by atoms with E-state index < -0.39 is 0 Å². The first-order valence-electron chi connectivity index (χ1n) is 3.88. The zero-order valence-electron chi connectivity index (χ0n) is 7.14. The fourth-order valence-corrected chi connectivity index (χ4v) is 0.956. The van der Waals surface area contributed by atoms with Crippen molar-refractivity contribution in [2.45, 2.75) is 0 Å². The van der Waals surface area contributed by atoms with E-state index in [1.54, 1.807) is 6.20 Å². The number of hydrogen-bond acceptors (Lipinski definition) is 5. The van der Waals surface area contributed by atoms with E-state index in [0.717, 1.165) is 0 Å². The number of nitrogen functional groups attached to an aromatic ring is 1. The van der Waals surface area contributed by atoms with Gasteiger partial charge in [-0.25, -0.2) is 9.97 Å². The third-order valence-electron chi connectivity index (χ3n) is 1.63. The molecule has 0 amide bonds. The zero-order chi connectivity index (χ0) is 9.97. The fraction of sp³-hybridized carbons (Fsp3) is 0. The average Bonchev–Trinajstić information content (AvgIpc) is 2.23. The molecule has 0 saturated carbocycles. The third-order valence-corrected chi connectivity index (χ3v) is 1.63. The number of H-pyrrole nitrogens is 1. The molecule has 6 heteroatoms. The van der Waals surface area contributed by atoms with Crippen LogP contribution in [0.2, 0.25) is 0 Å². The first-order valence-corrected chi connectivity index (χ1v) is 3.88. The summed E-state index contributed by atoms with van der Waals surface area (Å²) in [4.78, 5) is 25.4. The Morgan fingerprint density at radius 3 is 2.71 bits per heavy atom. The van der Waals surface area contributed by atoms with Crippen molar-refractivity contribution in [1.82, 2.24) is 19.9 Å². The Hall–Kier alpha value is -2.24. The van der Waals surface area contributed by atoms with Gasteiger partial charge in [0.2, 0.25) is 0 Å². The molecule has 0 atom stereocenters. The lowest BCUT2D eigenvalue weighted by Crippen LogP contribution is -2.13. The van der Waals surface area contributed by atoms with E-state index in [1.807, 2.05) is 0 Å². The van der Waals surface area contributed by atoms with Crippen LogP contribution in [0.4, 0.5) is 5.69 Å². The normalized spacial score (nSPS) is 10.0. The van der Waals surface area contributed by atoms with E-state index in [0.29, 0.717) is 11.5 Å². The second kappa shape index (κ2) is 3.25. The number of nitrogens with zero attached hydrogens (tertiary/aromatic N) is 3. The van der Waals surface area contributed by atoms with Gasteiger partial charge in [-0.15, -0.1) is 0 Å². The molecule has 2 heterocycles. The van der Waals surface area contributed by atoms with Gasteiger partial charge in [-0.2, -0.15) is 0 Å². The minimum Gasteiger partial charge on any atom is -0.393 e. The molecule has 0 bridgehead atoms. The number of rotatable bonds is 1. The zero-order valence-corrected chi connectivity index (χ0v) is 7.14. The minimum atomic E-state index is -0.374. The lowest BCUT2D eigenvalue weighted by molar-refractivity contribution is 1.09. The SMILES string of the molecule is Nc1cnc(-c2cnccn2)[nH]c1=O. The molecule has 0 radical (unpaired) electrons. The Labute approximate surface area is 78.9 Å². The third kappa shape index (κ3) is 1.45. The molecule has 0 aliphatic carbocycles. The van der Waals surface area contributed by atoms with Gasteiger partial charge < -0.3 is 10.7 Å². The van der Waals surface area contributed by atoms with E-state index in [4.69, 9.17) is 5.73 Å².